The minimum atomic E-state index is 0.0535. The number of rotatable bonds is 3. The third-order valence-electron chi connectivity index (χ3n) is 3.25. The summed E-state index contributed by atoms with van der Waals surface area (Å²) in [5.41, 5.74) is 0.661. The second-order valence-corrected chi connectivity index (χ2v) is 4.42. The highest BCUT2D eigenvalue weighted by atomic mass is 16.5. The fourth-order valence-electron chi connectivity index (χ4n) is 2.06. The van der Waals surface area contributed by atoms with E-state index < -0.39 is 0 Å². The predicted octanol–water partition coefficient (Wildman–Crippen LogP) is 1.90. The third-order valence-corrected chi connectivity index (χ3v) is 3.25. The summed E-state index contributed by atoms with van der Waals surface area (Å²) in [4.78, 5) is 17.7. The van der Waals surface area contributed by atoms with Crippen LogP contribution in [0.5, 0.6) is 0 Å². The summed E-state index contributed by atoms with van der Waals surface area (Å²) in [6.45, 7) is 3.19. The van der Waals surface area contributed by atoms with Gasteiger partial charge in [-0.15, -0.1) is 0 Å². The van der Waals surface area contributed by atoms with Crippen molar-refractivity contribution >= 4 is 11.6 Å². The second kappa shape index (κ2) is 5.27. The van der Waals surface area contributed by atoms with Crippen molar-refractivity contribution in [3.8, 4) is 0 Å². The monoisotopic (exact) mass is 234 g/mol. The van der Waals surface area contributed by atoms with E-state index in [1.165, 1.54) is 0 Å². The molecule has 0 atom stereocenters. The molecule has 0 bridgehead atoms. The average molecular weight is 234 g/mol. The number of aromatic nitrogens is 1. The van der Waals surface area contributed by atoms with Crippen LogP contribution in [-0.2, 0) is 4.74 Å². The van der Waals surface area contributed by atoms with Crippen LogP contribution < -0.4 is 4.90 Å². The van der Waals surface area contributed by atoms with Gasteiger partial charge in [0.05, 0.1) is 0 Å². The average Bonchev–Trinajstić information content (AvgIpc) is 2.39. The van der Waals surface area contributed by atoms with E-state index in [-0.39, 0.29) is 5.78 Å². The van der Waals surface area contributed by atoms with Gasteiger partial charge >= 0.3 is 0 Å². The molecule has 0 N–H and O–H groups in total. The number of Topliss-reactive ketones (excluding diaryl/α,β-unsaturated/α-hetero) is 1. The van der Waals surface area contributed by atoms with E-state index in [4.69, 9.17) is 4.74 Å². The maximum atomic E-state index is 11.2. The molecule has 0 unspecified atom stereocenters. The molecule has 0 amide bonds. The fourth-order valence-corrected chi connectivity index (χ4v) is 2.06. The Balaban J connectivity index is 2.07. The van der Waals surface area contributed by atoms with Crippen LogP contribution >= 0.6 is 0 Å². The number of ketones is 1. The molecular weight excluding hydrogens is 216 g/mol. The van der Waals surface area contributed by atoms with Gasteiger partial charge in [-0.3, -0.25) is 4.79 Å². The Morgan fingerprint density at radius 3 is 2.65 bits per heavy atom. The van der Waals surface area contributed by atoms with Crippen molar-refractivity contribution < 1.29 is 9.53 Å². The van der Waals surface area contributed by atoms with Crippen LogP contribution in [0.15, 0.2) is 18.3 Å². The van der Waals surface area contributed by atoms with Crippen LogP contribution in [-0.4, -0.2) is 37.1 Å². The van der Waals surface area contributed by atoms with Crippen LogP contribution in [0.2, 0.25) is 0 Å². The molecule has 1 aliphatic heterocycles. The molecule has 92 valence electrons. The maximum Gasteiger partial charge on any atom is 0.161 e. The highest BCUT2D eigenvalue weighted by Gasteiger charge is 2.19. The Bertz CT molecular complexity index is 383. The number of carbonyl (C=O) groups excluding carboxylic acids is 1. The highest BCUT2D eigenvalue weighted by molar-refractivity contribution is 5.93. The first kappa shape index (κ1) is 12.0. The number of ether oxygens (including phenoxy) is 1. The summed E-state index contributed by atoms with van der Waals surface area (Å²) in [7, 11) is 2.05. The maximum absolute atomic E-state index is 11.2. The second-order valence-electron chi connectivity index (χ2n) is 4.42. The Hall–Kier alpha value is -1.42. The molecule has 17 heavy (non-hydrogen) atoms. The lowest BCUT2D eigenvalue weighted by Crippen LogP contribution is -2.37. The molecule has 1 aromatic rings. The van der Waals surface area contributed by atoms with Crippen molar-refractivity contribution in [1.29, 1.82) is 0 Å². The van der Waals surface area contributed by atoms with E-state index in [1.54, 1.807) is 13.1 Å². The molecule has 2 heterocycles. The Morgan fingerprint density at radius 2 is 2.12 bits per heavy atom. The van der Waals surface area contributed by atoms with Gasteiger partial charge in [-0.1, -0.05) is 0 Å². The predicted molar refractivity (Wildman–Crippen MR) is 66.5 cm³/mol. The lowest BCUT2D eigenvalue weighted by atomic mass is 10.1. The molecule has 0 radical (unpaired) electrons. The van der Waals surface area contributed by atoms with Gasteiger partial charge in [0.25, 0.3) is 0 Å². The Morgan fingerprint density at radius 1 is 1.41 bits per heavy atom. The van der Waals surface area contributed by atoms with E-state index >= 15 is 0 Å². The number of hydrogen-bond donors (Lipinski definition) is 0. The summed E-state index contributed by atoms with van der Waals surface area (Å²) >= 11 is 0. The van der Waals surface area contributed by atoms with Gasteiger partial charge in [0, 0.05) is 38.1 Å². The lowest BCUT2D eigenvalue weighted by molar-refractivity contribution is 0.0853. The topological polar surface area (TPSA) is 42.4 Å². The number of anilines is 1. The van der Waals surface area contributed by atoms with Crippen LogP contribution in [0.3, 0.4) is 0 Å². The van der Waals surface area contributed by atoms with Crippen molar-refractivity contribution in [1.82, 2.24) is 4.98 Å². The summed E-state index contributed by atoms with van der Waals surface area (Å²) in [6.07, 6.45) is 3.72. The zero-order valence-corrected chi connectivity index (χ0v) is 10.3. The van der Waals surface area contributed by atoms with Gasteiger partial charge in [0.2, 0.25) is 0 Å². The Labute approximate surface area is 102 Å². The van der Waals surface area contributed by atoms with Gasteiger partial charge in [-0.05, 0) is 31.9 Å². The summed E-state index contributed by atoms with van der Waals surface area (Å²) in [5.74, 6) is 0.972. The zero-order valence-electron chi connectivity index (χ0n) is 10.3. The largest absolute Gasteiger partial charge is 0.381 e. The molecule has 4 nitrogen and oxygen atoms in total. The van der Waals surface area contributed by atoms with Crippen molar-refractivity contribution in [3.63, 3.8) is 0 Å². The number of pyridine rings is 1. The van der Waals surface area contributed by atoms with Crippen molar-refractivity contribution in [3.05, 3.63) is 23.9 Å². The molecule has 0 saturated carbocycles. The number of nitrogens with zero attached hydrogens (tertiary/aromatic N) is 2. The summed E-state index contributed by atoms with van der Waals surface area (Å²) in [6, 6.07) is 4.23. The molecule has 1 aliphatic rings. The fraction of sp³-hybridized carbons (Fsp3) is 0.538. The first-order valence-electron chi connectivity index (χ1n) is 5.96. The van der Waals surface area contributed by atoms with Gasteiger partial charge in [0.1, 0.15) is 5.82 Å². The van der Waals surface area contributed by atoms with Crippen molar-refractivity contribution in [2.45, 2.75) is 25.8 Å². The van der Waals surface area contributed by atoms with E-state index in [1.807, 2.05) is 19.2 Å². The van der Waals surface area contributed by atoms with Crippen LogP contribution in [0.25, 0.3) is 0 Å². The lowest BCUT2D eigenvalue weighted by Gasteiger charge is -2.32. The standard InChI is InChI=1S/C13H18N2O2/c1-10(16)11-3-4-13(14-9-11)15(2)12-5-7-17-8-6-12/h3-4,9,12H,5-8H2,1-2H3. The third kappa shape index (κ3) is 2.82. The van der Waals surface area contributed by atoms with E-state index in [0.717, 1.165) is 31.9 Å². The SMILES string of the molecule is CC(=O)c1ccc(N(C)C2CCOCC2)nc1. The molecular formula is C13H18N2O2. The molecule has 1 aromatic heterocycles. The van der Waals surface area contributed by atoms with Crippen molar-refractivity contribution in [2.24, 2.45) is 0 Å². The van der Waals surface area contributed by atoms with Crippen LogP contribution in [0.4, 0.5) is 5.82 Å². The molecule has 0 aromatic carbocycles. The van der Waals surface area contributed by atoms with Crippen LogP contribution in [0.1, 0.15) is 30.1 Å². The van der Waals surface area contributed by atoms with Gasteiger partial charge in [0.15, 0.2) is 5.78 Å². The molecule has 2 rings (SSSR count). The molecule has 4 heteroatoms. The molecule has 0 spiro atoms. The zero-order chi connectivity index (χ0) is 12.3. The highest BCUT2D eigenvalue weighted by Crippen LogP contribution is 2.19. The molecule has 1 fully saturated rings. The van der Waals surface area contributed by atoms with Gasteiger partial charge in [-0.25, -0.2) is 4.98 Å². The first-order valence-corrected chi connectivity index (χ1v) is 5.96. The minimum absolute atomic E-state index is 0.0535. The molecule has 1 saturated heterocycles. The van der Waals surface area contributed by atoms with Gasteiger partial charge < -0.3 is 9.64 Å². The van der Waals surface area contributed by atoms with E-state index in [0.29, 0.717) is 11.6 Å². The number of hydrogen-bond acceptors (Lipinski definition) is 4. The molecule has 0 aliphatic carbocycles. The summed E-state index contributed by atoms with van der Waals surface area (Å²) < 4.78 is 5.34. The van der Waals surface area contributed by atoms with Crippen molar-refractivity contribution in [2.75, 3.05) is 25.2 Å². The smallest absolute Gasteiger partial charge is 0.161 e. The normalized spacial score (nSPS) is 16.8. The Kier molecular flexibility index (Phi) is 3.74. The van der Waals surface area contributed by atoms with E-state index in [2.05, 4.69) is 9.88 Å². The minimum Gasteiger partial charge on any atom is -0.381 e. The van der Waals surface area contributed by atoms with E-state index in [9.17, 15) is 4.79 Å². The van der Waals surface area contributed by atoms with Gasteiger partial charge in [-0.2, -0.15) is 0 Å². The summed E-state index contributed by atoms with van der Waals surface area (Å²) in [5, 5.41) is 0. The quantitative estimate of drug-likeness (QED) is 0.749. The van der Waals surface area contributed by atoms with Crippen LogP contribution in [0, 0.1) is 0 Å². The first-order chi connectivity index (χ1) is 8.18. The number of carbonyl (C=O) groups is 1.